The van der Waals surface area contributed by atoms with Crippen molar-refractivity contribution in [3.8, 4) is 11.1 Å². The van der Waals surface area contributed by atoms with E-state index < -0.39 is 0 Å². The van der Waals surface area contributed by atoms with Crippen LogP contribution < -0.4 is 4.90 Å². The van der Waals surface area contributed by atoms with Crippen LogP contribution in [0, 0.1) is 0 Å². The zero-order chi connectivity index (χ0) is 16.4. The van der Waals surface area contributed by atoms with E-state index in [1.165, 1.54) is 0 Å². The number of carbonyl (C=O) groups excluding carboxylic acids is 1. The molecule has 122 valence electrons. The van der Waals surface area contributed by atoms with Crippen LogP contribution in [0.4, 0.5) is 5.82 Å². The van der Waals surface area contributed by atoms with Crippen molar-refractivity contribution in [3.63, 3.8) is 0 Å². The summed E-state index contributed by atoms with van der Waals surface area (Å²) in [4.78, 5) is 16.6. The van der Waals surface area contributed by atoms with Crippen LogP contribution in [0.1, 0.15) is 10.4 Å². The molecule has 1 aliphatic rings. The number of H-pyrrole nitrogens is 1. The summed E-state index contributed by atoms with van der Waals surface area (Å²) in [5.41, 5.74) is 3.05. The van der Waals surface area contributed by atoms with E-state index in [4.69, 9.17) is 0 Å². The molecule has 0 bridgehead atoms. The summed E-state index contributed by atoms with van der Waals surface area (Å²) in [6.45, 7) is 3.06. The Hall–Kier alpha value is -2.60. The lowest BCUT2D eigenvalue weighted by molar-refractivity contribution is 0.0747. The van der Waals surface area contributed by atoms with Gasteiger partial charge in [-0.2, -0.15) is 16.4 Å². The zero-order valence-electron chi connectivity index (χ0n) is 13.2. The number of hydrogen-bond acceptors (Lipinski definition) is 4. The van der Waals surface area contributed by atoms with Gasteiger partial charge in [-0.05, 0) is 17.0 Å². The van der Waals surface area contributed by atoms with Gasteiger partial charge in [-0.3, -0.25) is 9.89 Å². The average molecular weight is 338 g/mol. The summed E-state index contributed by atoms with van der Waals surface area (Å²) < 4.78 is 0. The van der Waals surface area contributed by atoms with Gasteiger partial charge in [0.25, 0.3) is 5.91 Å². The Kier molecular flexibility index (Phi) is 4.04. The van der Waals surface area contributed by atoms with E-state index in [1.807, 2.05) is 46.1 Å². The number of aromatic nitrogens is 2. The fourth-order valence-corrected chi connectivity index (χ4v) is 3.68. The lowest BCUT2D eigenvalue weighted by Gasteiger charge is -2.35. The van der Waals surface area contributed by atoms with E-state index in [2.05, 4.69) is 27.2 Å². The summed E-state index contributed by atoms with van der Waals surface area (Å²) in [5.74, 6) is 1.16. The van der Waals surface area contributed by atoms with Crippen molar-refractivity contribution in [2.24, 2.45) is 0 Å². The average Bonchev–Trinajstić information content (AvgIpc) is 3.34. The predicted molar refractivity (Wildman–Crippen MR) is 96.5 cm³/mol. The molecule has 24 heavy (non-hydrogen) atoms. The number of amides is 1. The Morgan fingerprint density at radius 3 is 2.58 bits per heavy atom. The second-order valence-electron chi connectivity index (χ2n) is 5.79. The molecule has 6 heteroatoms. The normalized spacial score (nSPS) is 14.8. The van der Waals surface area contributed by atoms with Crippen LogP contribution in [0.5, 0.6) is 0 Å². The number of anilines is 1. The lowest BCUT2D eigenvalue weighted by Crippen LogP contribution is -2.49. The van der Waals surface area contributed by atoms with Crippen molar-refractivity contribution in [1.82, 2.24) is 15.1 Å². The summed E-state index contributed by atoms with van der Waals surface area (Å²) in [6.07, 6.45) is 1.87. The van der Waals surface area contributed by atoms with Gasteiger partial charge >= 0.3 is 0 Å². The highest BCUT2D eigenvalue weighted by molar-refractivity contribution is 7.08. The molecule has 1 fully saturated rings. The quantitative estimate of drug-likeness (QED) is 0.798. The van der Waals surface area contributed by atoms with Crippen LogP contribution in [0.3, 0.4) is 0 Å². The van der Waals surface area contributed by atoms with Gasteiger partial charge in [0.2, 0.25) is 0 Å². The molecule has 0 saturated carbocycles. The molecule has 1 aromatic carbocycles. The summed E-state index contributed by atoms with van der Waals surface area (Å²) in [5, 5.41) is 11.2. The molecule has 3 heterocycles. The third-order valence-electron chi connectivity index (χ3n) is 4.36. The number of rotatable bonds is 3. The molecule has 0 spiro atoms. The van der Waals surface area contributed by atoms with E-state index in [9.17, 15) is 4.79 Å². The van der Waals surface area contributed by atoms with E-state index in [0.717, 1.165) is 48.7 Å². The minimum Gasteiger partial charge on any atom is -0.353 e. The summed E-state index contributed by atoms with van der Waals surface area (Å²) in [6, 6.07) is 12.1. The molecule has 0 unspecified atom stereocenters. The van der Waals surface area contributed by atoms with Crippen LogP contribution in [-0.2, 0) is 0 Å². The van der Waals surface area contributed by atoms with Crippen molar-refractivity contribution in [2.45, 2.75) is 0 Å². The van der Waals surface area contributed by atoms with Crippen molar-refractivity contribution in [2.75, 3.05) is 31.1 Å². The molecule has 1 aliphatic heterocycles. The lowest BCUT2D eigenvalue weighted by atomic mass is 10.1. The number of thiophene rings is 1. The number of carbonyl (C=O) groups is 1. The Morgan fingerprint density at radius 2 is 1.88 bits per heavy atom. The molecular weight excluding hydrogens is 320 g/mol. The van der Waals surface area contributed by atoms with E-state index in [0.29, 0.717) is 0 Å². The van der Waals surface area contributed by atoms with Crippen LogP contribution in [0.15, 0.2) is 53.4 Å². The highest BCUT2D eigenvalue weighted by Gasteiger charge is 2.24. The maximum atomic E-state index is 12.4. The third kappa shape index (κ3) is 2.80. The number of nitrogens with one attached hydrogen (secondary N) is 1. The Bertz CT molecular complexity index is 805. The highest BCUT2D eigenvalue weighted by Crippen LogP contribution is 2.29. The largest absolute Gasteiger partial charge is 0.353 e. The molecule has 1 N–H and O–H groups in total. The molecule has 0 radical (unpaired) electrons. The van der Waals surface area contributed by atoms with Gasteiger partial charge in [0.15, 0.2) is 0 Å². The molecular formula is C18H18N4OS. The van der Waals surface area contributed by atoms with E-state index in [-0.39, 0.29) is 5.91 Å². The zero-order valence-corrected chi connectivity index (χ0v) is 14.0. The maximum Gasteiger partial charge on any atom is 0.254 e. The van der Waals surface area contributed by atoms with Gasteiger partial charge < -0.3 is 9.80 Å². The second kappa shape index (κ2) is 6.49. The molecule has 0 atom stereocenters. The van der Waals surface area contributed by atoms with Crippen LogP contribution in [-0.4, -0.2) is 47.2 Å². The topological polar surface area (TPSA) is 52.2 Å². The van der Waals surface area contributed by atoms with Gasteiger partial charge in [0.05, 0.1) is 11.8 Å². The first kappa shape index (κ1) is 15.0. The molecule has 1 saturated heterocycles. The van der Waals surface area contributed by atoms with Crippen molar-refractivity contribution in [1.29, 1.82) is 0 Å². The Balaban J connectivity index is 1.47. The first-order valence-electron chi connectivity index (χ1n) is 7.98. The second-order valence-corrected chi connectivity index (χ2v) is 6.57. The fourth-order valence-electron chi connectivity index (χ4n) is 3.05. The number of nitrogens with zero attached hydrogens (tertiary/aromatic N) is 3. The Morgan fingerprint density at radius 1 is 1.08 bits per heavy atom. The summed E-state index contributed by atoms with van der Waals surface area (Å²) in [7, 11) is 0. The SMILES string of the molecule is O=C(c1ccsc1)N1CCN(c2[nH]ncc2-c2ccccc2)CC1. The van der Waals surface area contributed by atoms with E-state index >= 15 is 0 Å². The molecule has 4 rings (SSSR count). The van der Waals surface area contributed by atoms with E-state index in [1.54, 1.807) is 11.3 Å². The minimum atomic E-state index is 0.129. The molecule has 5 nitrogen and oxygen atoms in total. The number of hydrogen-bond donors (Lipinski definition) is 1. The van der Waals surface area contributed by atoms with Crippen LogP contribution in [0.2, 0.25) is 0 Å². The van der Waals surface area contributed by atoms with Crippen molar-refractivity contribution in [3.05, 3.63) is 58.9 Å². The molecule has 0 aliphatic carbocycles. The van der Waals surface area contributed by atoms with Gasteiger partial charge in [-0.15, -0.1) is 0 Å². The molecule has 3 aromatic rings. The van der Waals surface area contributed by atoms with Gasteiger partial charge in [-0.1, -0.05) is 30.3 Å². The maximum absolute atomic E-state index is 12.4. The van der Waals surface area contributed by atoms with Crippen LogP contribution >= 0.6 is 11.3 Å². The number of benzene rings is 1. The number of piperazine rings is 1. The first-order chi connectivity index (χ1) is 11.8. The van der Waals surface area contributed by atoms with Crippen LogP contribution in [0.25, 0.3) is 11.1 Å². The van der Waals surface area contributed by atoms with Crippen molar-refractivity contribution >= 4 is 23.1 Å². The third-order valence-corrected chi connectivity index (χ3v) is 5.04. The molecule has 1 amide bonds. The first-order valence-corrected chi connectivity index (χ1v) is 8.92. The van der Waals surface area contributed by atoms with Gasteiger partial charge in [0, 0.05) is 37.1 Å². The van der Waals surface area contributed by atoms with Crippen molar-refractivity contribution < 1.29 is 4.79 Å². The monoisotopic (exact) mass is 338 g/mol. The highest BCUT2D eigenvalue weighted by atomic mass is 32.1. The molecule has 2 aromatic heterocycles. The summed E-state index contributed by atoms with van der Waals surface area (Å²) >= 11 is 1.56. The smallest absolute Gasteiger partial charge is 0.254 e. The predicted octanol–water partition coefficient (Wildman–Crippen LogP) is 3.10. The standard InChI is InChI=1S/C18H18N4OS/c23-18(15-6-11-24-13-15)22-9-7-21(8-10-22)17-16(12-19-20-17)14-4-2-1-3-5-14/h1-6,11-13H,7-10H2,(H,19,20). The number of aromatic amines is 1. The van der Waals surface area contributed by atoms with Gasteiger partial charge in [0.1, 0.15) is 5.82 Å². The van der Waals surface area contributed by atoms with Gasteiger partial charge in [-0.25, -0.2) is 0 Å². The minimum absolute atomic E-state index is 0.129. The Labute approximate surface area is 144 Å². The fraction of sp³-hybridized carbons (Fsp3) is 0.222.